The number of esters is 1. The molecule has 0 unspecified atom stereocenters. The SMILES string of the molecule is COC(=O)CNC(C)(C)C(C)(C)O. The molecule has 4 heteroatoms. The maximum Gasteiger partial charge on any atom is 0.319 e. The topological polar surface area (TPSA) is 58.6 Å². The molecule has 0 rings (SSSR count). The van der Waals surface area contributed by atoms with E-state index in [4.69, 9.17) is 0 Å². The second kappa shape index (κ2) is 4.07. The molecule has 0 atom stereocenters. The van der Waals surface area contributed by atoms with Crippen LogP contribution in [-0.2, 0) is 9.53 Å². The number of hydrogen-bond donors (Lipinski definition) is 2. The second-order valence-electron chi connectivity index (χ2n) is 4.11. The standard InChI is InChI=1S/C9H19NO3/c1-8(2,9(3,4)12)10-6-7(11)13-5/h10,12H,6H2,1-5H3. The summed E-state index contributed by atoms with van der Waals surface area (Å²) in [6.07, 6.45) is 0. The molecule has 0 aliphatic heterocycles. The Hall–Kier alpha value is -0.610. The van der Waals surface area contributed by atoms with Crippen molar-refractivity contribution in [3.8, 4) is 0 Å². The molecule has 78 valence electrons. The molecule has 0 radical (unpaired) electrons. The van der Waals surface area contributed by atoms with Crippen LogP contribution in [0.25, 0.3) is 0 Å². The zero-order valence-corrected chi connectivity index (χ0v) is 8.97. The molecule has 0 aromatic heterocycles. The lowest BCUT2D eigenvalue weighted by atomic mass is 9.86. The summed E-state index contributed by atoms with van der Waals surface area (Å²) >= 11 is 0. The van der Waals surface area contributed by atoms with Crippen LogP contribution >= 0.6 is 0 Å². The van der Waals surface area contributed by atoms with E-state index in [2.05, 4.69) is 10.1 Å². The fraction of sp³-hybridized carbons (Fsp3) is 0.889. The lowest BCUT2D eigenvalue weighted by molar-refractivity contribution is -0.140. The predicted octanol–water partition coefficient (Wildman–Crippen LogP) is 0.298. The van der Waals surface area contributed by atoms with Crippen molar-refractivity contribution in [1.29, 1.82) is 0 Å². The smallest absolute Gasteiger partial charge is 0.319 e. The summed E-state index contributed by atoms with van der Waals surface area (Å²) in [7, 11) is 1.33. The number of carbonyl (C=O) groups is 1. The van der Waals surface area contributed by atoms with E-state index in [9.17, 15) is 9.90 Å². The van der Waals surface area contributed by atoms with Crippen molar-refractivity contribution in [2.75, 3.05) is 13.7 Å². The van der Waals surface area contributed by atoms with Crippen LogP contribution in [0.5, 0.6) is 0 Å². The van der Waals surface area contributed by atoms with Gasteiger partial charge in [-0.1, -0.05) is 0 Å². The van der Waals surface area contributed by atoms with E-state index in [0.717, 1.165) is 0 Å². The van der Waals surface area contributed by atoms with Crippen LogP contribution in [0.4, 0.5) is 0 Å². The van der Waals surface area contributed by atoms with Gasteiger partial charge in [0.15, 0.2) is 0 Å². The van der Waals surface area contributed by atoms with E-state index < -0.39 is 11.1 Å². The Morgan fingerprint density at radius 3 is 2.15 bits per heavy atom. The third-order valence-corrected chi connectivity index (χ3v) is 2.43. The Labute approximate surface area is 79.3 Å². The molecule has 2 N–H and O–H groups in total. The first-order valence-electron chi connectivity index (χ1n) is 4.25. The van der Waals surface area contributed by atoms with E-state index in [-0.39, 0.29) is 12.5 Å². The summed E-state index contributed by atoms with van der Waals surface area (Å²) in [4.78, 5) is 10.8. The van der Waals surface area contributed by atoms with Crippen molar-refractivity contribution < 1.29 is 14.6 Å². The average Bonchev–Trinajstić information content (AvgIpc) is 1.98. The molecular weight excluding hydrogens is 170 g/mol. The Kier molecular flexibility index (Phi) is 3.88. The van der Waals surface area contributed by atoms with Crippen LogP contribution < -0.4 is 5.32 Å². The quantitative estimate of drug-likeness (QED) is 0.624. The van der Waals surface area contributed by atoms with Gasteiger partial charge in [-0.25, -0.2) is 0 Å². The molecule has 0 fully saturated rings. The fourth-order valence-corrected chi connectivity index (χ4v) is 0.582. The highest BCUT2D eigenvalue weighted by atomic mass is 16.5. The molecule has 0 aromatic carbocycles. The van der Waals surface area contributed by atoms with Crippen LogP contribution in [0.15, 0.2) is 0 Å². The molecule has 0 aromatic rings. The van der Waals surface area contributed by atoms with Gasteiger partial charge in [0, 0.05) is 5.54 Å². The number of nitrogens with one attached hydrogen (secondary N) is 1. The van der Waals surface area contributed by atoms with Crippen molar-refractivity contribution in [1.82, 2.24) is 5.32 Å². The molecule has 0 saturated heterocycles. The minimum absolute atomic E-state index is 0.105. The molecule has 0 bridgehead atoms. The van der Waals surface area contributed by atoms with E-state index in [1.807, 2.05) is 13.8 Å². The van der Waals surface area contributed by atoms with Gasteiger partial charge >= 0.3 is 5.97 Å². The molecular formula is C9H19NO3. The van der Waals surface area contributed by atoms with Crippen LogP contribution in [0.1, 0.15) is 27.7 Å². The number of ether oxygens (including phenoxy) is 1. The molecule has 0 spiro atoms. The molecule has 0 amide bonds. The summed E-state index contributed by atoms with van der Waals surface area (Å²) in [6.45, 7) is 7.15. The van der Waals surface area contributed by atoms with Crippen LogP contribution in [-0.4, -0.2) is 35.9 Å². The van der Waals surface area contributed by atoms with Gasteiger partial charge in [-0.05, 0) is 27.7 Å². The largest absolute Gasteiger partial charge is 0.468 e. The van der Waals surface area contributed by atoms with Crippen molar-refractivity contribution in [3.63, 3.8) is 0 Å². The highest BCUT2D eigenvalue weighted by molar-refractivity contribution is 5.71. The Balaban J connectivity index is 4.12. The van der Waals surface area contributed by atoms with E-state index in [1.54, 1.807) is 13.8 Å². The Morgan fingerprint density at radius 1 is 1.38 bits per heavy atom. The summed E-state index contributed by atoms with van der Waals surface area (Å²) in [6, 6.07) is 0. The van der Waals surface area contributed by atoms with Gasteiger partial charge < -0.3 is 9.84 Å². The van der Waals surface area contributed by atoms with Crippen LogP contribution in [0.3, 0.4) is 0 Å². The minimum Gasteiger partial charge on any atom is -0.468 e. The number of carbonyl (C=O) groups excluding carboxylic acids is 1. The highest BCUT2D eigenvalue weighted by Gasteiger charge is 2.34. The van der Waals surface area contributed by atoms with E-state index >= 15 is 0 Å². The van der Waals surface area contributed by atoms with E-state index in [0.29, 0.717) is 0 Å². The first-order valence-corrected chi connectivity index (χ1v) is 4.25. The van der Waals surface area contributed by atoms with Gasteiger partial charge in [0.25, 0.3) is 0 Å². The number of aliphatic hydroxyl groups is 1. The zero-order valence-electron chi connectivity index (χ0n) is 8.97. The number of methoxy groups -OCH3 is 1. The van der Waals surface area contributed by atoms with Crippen LogP contribution in [0.2, 0.25) is 0 Å². The fourth-order valence-electron chi connectivity index (χ4n) is 0.582. The summed E-state index contributed by atoms with van der Waals surface area (Å²) in [5.74, 6) is -0.336. The third kappa shape index (κ3) is 3.74. The van der Waals surface area contributed by atoms with Crippen molar-refractivity contribution >= 4 is 5.97 Å². The Bertz CT molecular complexity index is 182. The molecule has 0 aliphatic carbocycles. The summed E-state index contributed by atoms with van der Waals surface area (Å²) in [5, 5.41) is 12.6. The first kappa shape index (κ1) is 12.4. The van der Waals surface area contributed by atoms with Gasteiger partial charge in [-0.2, -0.15) is 0 Å². The third-order valence-electron chi connectivity index (χ3n) is 2.43. The van der Waals surface area contributed by atoms with Crippen LogP contribution in [0, 0.1) is 0 Å². The summed E-state index contributed by atoms with van der Waals surface area (Å²) < 4.78 is 4.48. The molecule has 13 heavy (non-hydrogen) atoms. The Morgan fingerprint density at radius 2 is 1.85 bits per heavy atom. The zero-order chi connectivity index (χ0) is 10.7. The summed E-state index contributed by atoms with van der Waals surface area (Å²) in [5.41, 5.74) is -1.41. The molecule has 0 heterocycles. The maximum absolute atomic E-state index is 10.8. The minimum atomic E-state index is -0.888. The van der Waals surface area contributed by atoms with Gasteiger partial charge in [-0.3, -0.25) is 10.1 Å². The molecule has 0 aliphatic rings. The average molecular weight is 189 g/mol. The normalized spacial score (nSPS) is 12.8. The first-order chi connectivity index (χ1) is 5.70. The van der Waals surface area contributed by atoms with Crippen molar-refractivity contribution in [2.45, 2.75) is 38.8 Å². The van der Waals surface area contributed by atoms with Gasteiger partial charge in [0.2, 0.25) is 0 Å². The highest BCUT2D eigenvalue weighted by Crippen LogP contribution is 2.19. The van der Waals surface area contributed by atoms with Gasteiger partial charge in [0.1, 0.15) is 0 Å². The van der Waals surface area contributed by atoms with Crippen molar-refractivity contribution in [3.05, 3.63) is 0 Å². The maximum atomic E-state index is 10.8. The monoisotopic (exact) mass is 189 g/mol. The number of hydrogen-bond acceptors (Lipinski definition) is 4. The van der Waals surface area contributed by atoms with Gasteiger partial charge in [0.05, 0.1) is 19.3 Å². The second-order valence-corrected chi connectivity index (χ2v) is 4.11. The number of rotatable bonds is 4. The van der Waals surface area contributed by atoms with Crippen molar-refractivity contribution in [2.24, 2.45) is 0 Å². The lowest BCUT2D eigenvalue weighted by Crippen LogP contribution is -2.57. The molecule has 4 nitrogen and oxygen atoms in total. The lowest BCUT2D eigenvalue weighted by Gasteiger charge is -2.37. The van der Waals surface area contributed by atoms with E-state index in [1.165, 1.54) is 7.11 Å². The predicted molar refractivity (Wildman–Crippen MR) is 50.4 cm³/mol. The van der Waals surface area contributed by atoms with Gasteiger partial charge in [-0.15, -0.1) is 0 Å². The molecule has 0 saturated carbocycles.